The van der Waals surface area contributed by atoms with Gasteiger partial charge in [-0.1, -0.05) is 17.7 Å². The molecular formula is C18H13N3O6. The number of aromatic hydroxyl groups is 1. The first-order valence-electron chi connectivity index (χ1n) is 7.73. The molecule has 2 aromatic carbocycles. The van der Waals surface area contributed by atoms with Crippen molar-refractivity contribution in [3.63, 3.8) is 0 Å². The second-order valence-corrected chi connectivity index (χ2v) is 5.79. The Kier molecular flexibility index (Phi) is 4.43. The van der Waals surface area contributed by atoms with Crippen molar-refractivity contribution in [1.29, 1.82) is 0 Å². The normalized spacial score (nSPS) is 15.8. The third-order valence-electron chi connectivity index (χ3n) is 3.92. The quantitative estimate of drug-likeness (QED) is 0.370. The number of carbonyl (C=O) groups excluding carboxylic acids is 3. The molecule has 0 unspecified atom stereocenters. The van der Waals surface area contributed by atoms with Crippen LogP contribution in [0.25, 0.3) is 6.08 Å². The van der Waals surface area contributed by atoms with Crippen molar-refractivity contribution in [2.75, 3.05) is 4.90 Å². The SMILES string of the molecule is Cc1ccc(N2C(=O)NC(=O)/C(=C\c3cc([N+](=O)[O-])ccc3O)C2=O)cc1. The maximum atomic E-state index is 12.7. The second kappa shape index (κ2) is 6.71. The summed E-state index contributed by atoms with van der Waals surface area (Å²) >= 11 is 0. The second-order valence-electron chi connectivity index (χ2n) is 5.79. The minimum absolute atomic E-state index is 0.0964. The molecule has 4 amide bonds. The third-order valence-corrected chi connectivity index (χ3v) is 3.92. The van der Waals surface area contributed by atoms with Crippen molar-refractivity contribution >= 4 is 35.3 Å². The Morgan fingerprint density at radius 1 is 1.11 bits per heavy atom. The van der Waals surface area contributed by atoms with Crippen LogP contribution in [0.2, 0.25) is 0 Å². The number of hydrogen-bond acceptors (Lipinski definition) is 6. The Balaban J connectivity index is 2.06. The highest BCUT2D eigenvalue weighted by molar-refractivity contribution is 6.39. The van der Waals surface area contributed by atoms with Gasteiger partial charge in [-0.15, -0.1) is 0 Å². The summed E-state index contributed by atoms with van der Waals surface area (Å²) in [5.41, 5.74) is 0.309. The maximum absolute atomic E-state index is 12.7. The van der Waals surface area contributed by atoms with Crippen LogP contribution in [0.4, 0.5) is 16.2 Å². The van der Waals surface area contributed by atoms with Gasteiger partial charge in [0.25, 0.3) is 17.5 Å². The molecule has 0 atom stereocenters. The lowest BCUT2D eigenvalue weighted by atomic mass is 10.1. The Hall–Kier alpha value is -4.01. The molecule has 1 heterocycles. The molecule has 0 saturated carbocycles. The summed E-state index contributed by atoms with van der Waals surface area (Å²) < 4.78 is 0. The Morgan fingerprint density at radius 2 is 1.78 bits per heavy atom. The topological polar surface area (TPSA) is 130 Å². The number of phenols is 1. The molecule has 0 bridgehead atoms. The summed E-state index contributed by atoms with van der Waals surface area (Å²) in [6.45, 7) is 1.84. The molecule has 1 saturated heterocycles. The van der Waals surface area contributed by atoms with Crippen molar-refractivity contribution in [1.82, 2.24) is 5.32 Å². The molecule has 1 fully saturated rings. The number of amides is 4. The fourth-order valence-electron chi connectivity index (χ4n) is 2.51. The largest absolute Gasteiger partial charge is 0.507 e. The van der Waals surface area contributed by atoms with Crippen molar-refractivity contribution in [3.8, 4) is 5.75 Å². The summed E-state index contributed by atoms with van der Waals surface area (Å²) in [4.78, 5) is 48.0. The van der Waals surface area contributed by atoms with Crippen LogP contribution in [0.1, 0.15) is 11.1 Å². The molecule has 27 heavy (non-hydrogen) atoms. The van der Waals surface area contributed by atoms with Crippen LogP contribution in [-0.4, -0.2) is 27.9 Å². The molecule has 3 rings (SSSR count). The lowest BCUT2D eigenvalue weighted by Crippen LogP contribution is -2.54. The van der Waals surface area contributed by atoms with E-state index in [1.807, 2.05) is 12.2 Å². The molecule has 2 aromatic rings. The van der Waals surface area contributed by atoms with Gasteiger partial charge >= 0.3 is 6.03 Å². The number of nitro groups is 1. The van der Waals surface area contributed by atoms with E-state index in [0.717, 1.165) is 34.7 Å². The smallest absolute Gasteiger partial charge is 0.335 e. The van der Waals surface area contributed by atoms with Gasteiger partial charge in [0.2, 0.25) is 0 Å². The van der Waals surface area contributed by atoms with E-state index in [4.69, 9.17) is 0 Å². The van der Waals surface area contributed by atoms with E-state index < -0.39 is 28.3 Å². The van der Waals surface area contributed by atoms with Crippen molar-refractivity contribution in [3.05, 3.63) is 69.3 Å². The van der Waals surface area contributed by atoms with E-state index in [0.29, 0.717) is 0 Å². The lowest BCUT2D eigenvalue weighted by molar-refractivity contribution is -0.384. The fraction of sp³-hybridized carbons (Fsp3) is 0.0556. The first kappa shape index (κ1) is 17.8. The minimum atomic E-state index is -0.959. The number of hydrogen-bond donors (Lipinski definition) is 2. The average Bonchev–Trinajstić information content (AvgIpc) is 2.61. The predicted octanol–water partition coefficient (Wildman–Crippen LogP) is 2.28. The minimum Gasteiger partial charge on any atom is -0.507 e. The van der Waals surface area contributed by atoms with E-state index >= 15 is 0 Å². The molecule has 0 aromatic heterocycles. The van der Waals surface area contributed by atoms with Gasteiger partial charge in [-0.05, 0) is 31.2 Å². The zero-order valence-corrected chi connectivity index (χ0v) is 14.0. The number of nitrogens with one attached hydrogen (secondary N) is 1. The summed E-state index contributed by atoms with van der Waals surface area (Å²) in [5.74, 6) is -2.22. The van der Waals surface area contributed by atoms with Gasteiger partial charge in [-0.3, -0.25) is 25.0 Å². The van der Waals surface area contributed by atoms with Gasteiger partial charge in [0, 0.05) is 17.7 Å². The van der Waals surface area contributed by atoms with Gasteiger partial charge in [-0.25, -0.2) is 9.69 Å². The number of anilines is 1. The number of aryl methyl sites for hydroxylation is 1. The number of rotatable bonds is 3. The average molecular weight is 367 g/mol. The van der Waals surface area contributed by atoms with E-state index in [1.54, 1.807) is 24.3 Å². The van der Waals surface area contributed by atoms with Gasteiger partial charge in [0.1, 0.15) is 11.3 Å². The monoisotopic (exact) mass is 367 g/mol. The van der Waals surface area contributed by atoms with E-state index in [1.165, 1.54) is 0 Å². The zero-order chi connectivity index (χ0) is 19.7. The molecule has 0 aliphatic carbocycles. The fourth-order valence-corrected chi connectivity index (χ4v) is 2.51. The zero-order valence-electron chi connectivity index (χ0n) is 14.0. The number of urea groups is 1. The van der Waals surface area contributed by atoms with Crippen LogP contribution in [0.5, 0.6) is 5.75 Å². The Bertz CT molecular complexity index is 1010. The van der Waals surface area contributed by atoms with Crippen LogP contribution >= 0.6 is 0 Å². The maximum Gasteiger partial charge on any atom is 0.335 e. The van der Waals surface area contributed by atoms with Crippen LogP contribution in [0.15, 0.2) is 48.0 Å². The Labute approximate surface area is 152 Å². The summed E-state index contributed by atoms with van der Waals surface area (Å²) in [6.07, 6.45) is 1.01. The van der Waals surface area contributed by atoms with Gasteiger partial charge in [-0.2, -0.15) is 0 Å². The highest BCUT2D eigenvalue weighted by atomic mass is 16.6. The number of non-ortho nitro benzene ring substituents is 1. The van der Waals surface area contributed by atoms with Gasteiger partial charge < -0.3 is 5.11 Å². The molecule has 1 aliphatic rings. The molecule has 0 radical (unpaired) electrons. The van der Waals surface area contributed by atoms with Crippen molar-refractivity contribution in [2.45, 2.75) is 6.92 Å². The van der Waals surface area contributed by atoms with Crippen molar-refractivity contribution in [2.24, 2.45) is 0 Å². The van der Waals surface area contributed by atoms with Crippen LogP contribution < -0.4 is 10.2 Å². The molecule has 2 N–H and O–H groups in total. The lowest BCUT2D eigenvalue weighted by Gasteiger charge is -2.26. The van der Waals surface area contributed by atoms with Crippen LogP contribution in [0, 0.1) is 17.0 Å². The molecule has 9 nitrogen and oxygen atoms in total. The number of nitrogens with zero attached hydrogens (tertiary/aromatic N) is 2. The first-order chi connectivity index (χ1) is 12.8. The highest BCUT2D eigenvalue weighted by Gasteiger charge is 2.37. The summed E-state index contributed by atoms with van der Waals surface area (Å²) in [7, 11) is 0. The molecule has 0 spiro atoms. The van der Waals surface area contributed by atoms with Gasteiger partial charge in [0.15, 0.2) is 0 Å². The molecule has 1 aliphatic heterocycles. The predicted molar refractivity (Wildman–Crippen MR) is 94.9 cm³/mol. The van der Waals surface area contributed by atoms with E-state index in [2.05, 4.69) is 0 Å². The van der Waals surface area contributed by atoms with Gasteiger partial charge in [0.05, 0.1) is 10.6 Å². The number of barbiturate groups is 1. The third kappa shape index (κ3) is 3.38. The molecule has 136 valence electrons. The first-order valence-corrected chi connectivity index (χ1v) is 7.73. The number of imide groups is 2. The number of carbonyl (C=O) groups is 3. The van der Waals surface area contributed by atoms with Crippen LogP contribution in [0.3, 0.4) is 0 Å². The molecule has 9 heteroatoms. The standard InChI is InChI=1S/C18H13N3O6/c1-10-2-4-12(5-3-10)20-17(24)14(16(23)19-18(20)25)9-11-8-13(21(26)27)6-7-15(11)22/h2-9,22H,1H3,(H,19,23,25)/b14-9+. The Morgan fingerprint density at radius 3 is 2.41 bits per heavy atom. The van der Waals surface area contributed by atoms with E-state index in [9.17, 15) is 29.6 Å². The van der Waals surface area contributed by atoms with Crippen molar-refractivity contribution < 1.29 is 24.4 Å². The summed E-state index contributed by atoms with van der Waals surface area (Å²) in [6, 6.07) is 8.77. The number of nitro benzene ring substituents is 1. The van der Waals surface area contributed by atoms with E-state index in [-0.39, 0.29) is 22.7 Å². The number of phenolic OH excluding ortho intramolecular Hbond substituents is 1. The summed E-state index contributed by atoms with van der Waals surface area (Å²) in [5, 5.41) is 22.8. The van der Waals surface area contributed by atoms with Crippen LogP contribution in [-0.2, 0) is 9.59 Å². The highest BCUT2D eigenvalue weighted by Crippen LogP contribution is 2.27. The number of benzene rings is 2. The molecular weight excluding hydrogens is 354 g/mol.